The molecule has 0 aromatic heterocycles. The number of aliphatic carboxylic acids is 1. The highest BCUT2D eigenvalue weighted by molar-refractivity contribution is 5.80. The molecule has 2 aliphatic rings. The van der Waals surface area contributed by atoms with Gasteiger partial charge >= 0.3 is 12.1 Å². The number of likely N-dealkylation sites (tertiary alicyclic amines) is 1. The van der Waals surface area contributed by atoms with Gasteiger partial charge in [-0.05, 0) is 46.9 Å². The monoisotopic (exact) mass is 478 g/mol. The van der Waals surface area contributed by atoms with Crippen LogP contribution >= 0.6 is 0 Å². The molecule has 4 rings (SSSR count). The SMILES string of the molecule is CC(C)C[C@H](CNC(=O)OCC1c2ccccc2-c2ccccc21)CC(=O)N1CCC(C(=O)O)C1. The lowest BCUT2D eigenvalue weighted by Gasteiger charge is -2.23. The molecule has 7 heteroatoms. The quantitative estimate of drug-likeness (QED) is 0.553. The van der Waals surface area contributed by atoms with Crippen molar-refractivity contribution in [2.45, 2.75) is 39.0 Å². The van der Waals surface area contributed by atoms with Crippen LogP contribution < -0.4 is 5.32 Å². The van der Waals surface area contributed by atoms with Crippen LogP contribution in [0, 0.1) is 17.8 Å². The zero-order chi connectivity index (χ0) is 24.9. The standard InChI is InChI=1S/C28H34N2O5/c1-18(2)13-19(14-26(31)30-12-11-20(16-30)27(32)33)15-29-28(34)35-17-25-23-9-5-3-7-21(23)22-8-4-6-10-24(22)25/h3-10,18-20,25H,11-17H2,1-2H3,(H,29,34)(H,32,33)/t19-,20?/m0/s1. The molecule has 1 aliphatic heterocycles. The van der Waals surface area contributed by atoms with Gasteiger partial charge in [-0.25, -0.2) is 4.79 Å². The van der Waals surface area contributed by atoms with Crippen molar-refractivity contribution in [3.05, 3.63) is 59.7 Å². The molecule has 2 aromatic rings. The first-order chi connectivity index (χ1) is 16.8. The number of carbonyl (C=O) groups is 3. The van der Waals surface area contributed by atoms with E-state index in [2.05, 4.69) is 43.4 Å². The molecule has 186 valence electrons. The summed E-state index contributed by atoms with van der Waals surface area (Å²) in [5.41, 5.74) is 4.68. The number of carbonyl (C=O) groups excluding carboxylic acids is 2. The number of amides is 2. The Morgan fingerprint density at radius 1 is 1.06 bits per heavy atom. The topological polar surface area (TPSA) is 95.9 Å². The predicted molar refractivity (Wildman–Crippen MR) is 133 cm³/mol. The minimum Gasteiger partial charge on any atom is -0.481 e. The summed E-state index contributed by atoms with van der Waals surface area (Å²) in [6, 6.07) is 16.4. The molecule has 0 spiro atoms. The van der Waals surface area contributed by atoms with Crippen LogP contribution in [0.3, 0.4) is 0 Å². The van der Waals surface area contributed by atoms with Crippen LogP contribution in [0.25, 0.3) is 11.1 Å². The Morgan fingerprint density at radius 3 is 2.26 bits per heavy atom. The van der Waals surface area contributed by atoms with E-state index in [1.807, 2.05) is 24.3 Å². The van der Waals surface area contributed by atoms with E-state index in [0.29, 0.717) is 25.4 Å². The van der Waals surface area contributed by atoms with Gasteiger partial charge in [-0.2, -0.15) is 0 Å². The largest absolute Gasteiger partial charge is 0.481 e. The van der Waals surface area contributed by atoms with Gasteiger partial charge in [-0.1, -0.05) is 62.4 Å². The van der Waals surface area contributed by atoms with Crippen molar-refractivity contribution in [3.8, 4) is 11.1 Å². The van der Waals surface area contributed by atoms with Crippen molar-refractivity contribution in [1.82, 2.24) is 10.2 Å². The number of benzene rings is 2. The second kappa shape index (κ2) is 10.9. The van der Waals surface area contributed by atoms with Crippen molar-refractivity contribution >= 4 is 18.0 Å². The van der Waals surface area contributed by atoms with Gasteiger partial charge in [0.2, 0.25) is 5.91 Å². The minimum atomic E-state index is -0.851. The van der Waals surface area contributed by atoms with Crippen molar-refractivity contribution in [1.29, 1.82) is 0 Å². The zero-order valence-corrected chi connectivity index (χ0v) is 20.4. The Labute approximate surface area is 206 Å². The Bertz CT molecular complexity index is 1040. The molecule has 0 radical (unpaired) electrons. The van der Waals surface area contributed by atoms with Crippen LogP contribution in [-0.2, 0) is 14.3 Å². The third kappa shape index (κ3) is 5.84. The van der Waals surface area contributed by atoms with Gasteiger partial charge in [0, 0.05) is 32.0 Å². The molecule has 1 heterocycles. The Hall–Kier alpha value is -3.35. The Kier molecular flexibility index (Phi) is 7.73. The summed E-state index contributed by atoms with van der Waals surface area (Å²) in [4.78, 5) is 38.2. The average Bonchev–Trinajstić information content (AvgIpc) is 3.45. The van der Waals surface area contributed by atoms with Crippen LogP contribution in [0.1, 0.15) is 50.2 Å². The van der Waals surface area contributed by atoms with Gasteiger partial charge in [0.25, 0.3) is 0 Å². The minimum absolute atomic E-state index is 0.00136. The van der Waals surface area contributed by atoms with Crippen molar-refractivity contribution in [2.75, 3.05) is 26.2 Å². The summed E-state index contributed by atoms with van der Waals surface area (Å²) >= 11 is 0. The fraction of sp³-hybridized carbons (Fsp3) is 0.464. The molecule has 2 amide bonds. The molecule has 0 saturated carbocycles. The van der Waals surface area contributed by atoms with Gasteiger partial charge < -0.3 is 20.1 Å². The van der Waals surface area contributed by atoms with Gasteiger partial charge in [0.15, 0.2) is 0 Å². The van der Waals surface area contributed by atoms with Gasteiger partial charge in [0.1, 0.15) is 6.61 Å². The molecule has 1 unspecified atom stereocenters. The maximum atomic E-state index is 12.8. The maximum absolute atomic E-state index is 12.8. The summed E-state index contributed by atoms with van der Waals surface area (Å²) < 4.78 is 5.63. The number of nitrogens with zero attached hydrogens (tertiary/aromatic N) is 1. The summed E-state index contributed by atoms with van der Waals surface area (Å²) in [5.74, 6) is -1.06. The first-order valence-corrected chi connectivity index (χ1v) is 12.4. The third-order valence-electron chi connectivity index (χ3n) is 7.04. The Morgan fingerprint density at radius 2 is 1.69 bits per heavy atom. The van der Waals surface area contributed by atoms with Gasteiger partial charge in [-0.3, -0.25) is 9.59 Å². The summed E-state index contributed by atoms with van der Waals surface area (Å²) in [5, 5.41) is 12.1. The van der Waals surface area contributed by atoms with Crippen molar-refractivity contribution in [3.63, 3.8) is 0 Å². The number of hydrogen-bond acceptors (Lipinski definition) is 4. The molecule has 2 N–H and O–H groups in total. The van der Waals surface area contributed by atoms with E-state index in [9.17, 15) is 19.5 Å². The van der Waals surface area contributed by atoms with Crippen LogP contribution in [0.4, 0.5) is 4.79 Å². The lowest BCUT2D eigenvalue weighted by molar-refractivity contribution is -0.141. The van der Waals surface area contributed by atoms with E-state index in [1.54, 1.807) is 4.90 Å². The van der Waals surface area contributed by atoms with E-state index < -0.39 is 18.0 Å². The fourth-order valence-corrected chi connectivity index (χ4v) is 5.35. The number of rotatable bonds is 9. The van der Waals surface area contributed by atoms with E-state index in [4.69, 9.17) is 4.74 Å². The molecule has 2 aromatic carbocycles. The molecular weight excluding hydrogens is 444 g/mol. The number of hydrogen-bond donors (Lipinski definition) is 2. The normalized spacial score (nSPS) is 17.7. The highest BCUT2D eigenvalue weighted by Gasteiger charge is 2.32. The average molecular weight is 479 g/mol. The number of carboxylic acid groups (broad SMARTS) is 1. The fourth-order valence-electron chi connectivity index (χ4n) is 5.35. The third-order valence-corrected chi connectivity index (χ3v) is 7.04. The van der Waals surface area contributed by atoms with E-state index >= 15 is 0 Å². The number of fused-ring (bicyclic) bond motifs is 3. The first kappa shape index (κ1) is 24.8. The van der Waals surface area contributed by atoms with Gasteiger partial charge in [-0.15, -0.1) is 0 Å². The predicted octanol–water partition coefficient (Wildman–Crippen LogP) is 4.51. The van der Waals surface area contributed by atoms with E-state index in [-0.39, 0.29) is 37.3 Å². The molecule has 2 atom stereocenters. The maximum Gasteiger partial charge on any atom is 0.407 e. The van der Waals surface area contributed by atoms with Crippen LogP contribution in [-0.4, -0.2) is 54.2 Å². The van der Waals surface area contributed by atoms with Crippen LogP contribution in [0.2, 0.25) is 0 Å². The number of alkyl carbamates (subject to hydrolysis) is 1. The second-order valence-electron chi connectivity index (χ2n) is 10.1. The number of ether oxygens (including phenoxy) is 1. The van der Waals surface area contributed by atoms with E-state index in [0.717, 1.165) is 17.5 Å². The van der Waals surface area contributed by atoms with Crippen molar-refractivity contribution < 1.29 is 24.2 Å². The molecule has 1 aliphatic carbocycles. The van der Waals surface area contributed by atoms with Crippen LogP contribution in [0.15, 0.2) is 48.5 Å². The lowest BCUT2D eigenvalue weighted by Crippen LogP contribution is -2.36. The lowest BCUT2D eigenvalue weighted by atomic mass is 9.93. The summed E-state index contributed by atoms with van der Waals surface area (Å²) in [7, 11) is 0. The second-order valence-corrected chi connectivity index (χ2v) is 10.1. The molecule has 0 bridgehead atoms. The summed E-state index contributed by atoms with van der Waals surface area (Å²) in [6.07, 6.45) is 1.08. The van der Waals surface area contributed by atoms with Crippen LogP contribution in [0.5, 0.6) is 0 Å². The molecule has 35 heavy (non-hydrogen) atoms. The van der Waals surface area contributed by atoms with E-state index in [1.165, 1.54) is 11.1 Å². The Balaban J connectivity index is 1.31. The summed E-state index contributed by atoms with van der Waals surface area (Å²) in [6.45, 7) is 5.50. The van der Waals surface area contributed by atoms with Gasteiger partial charge in [0.05, 0.1) is 5.92 Å². The zero-order valence-electron chi connectivity index (χ0n) is 20.4. The number of carboxylic acids is 1. The molecule has 1 fully saturated rings. The molecule has 1 saturated heterocycles. The molecule has 7 nitrogen and oxygen atoms in total. The number of nitrogens with one attached hydrogen (secondary N) is 1. The smallest absolute Gasteiger partial charge is 0.407 e. The van der Waals surface area contributed by atoms with Crippen molar-refractivity contribution in [2.24, 2.45) is 17.8 Å². The highest BCUT2D eigenvalue weighted by Crippen LogP contribution is 2.44. The highest BCUT2D eigenvalue weighted by atomic mass is 16.5. The first-order valence-electron chi connectivity index (χ1n) is 12.4. The molecular formula is C28H34N2O5.